The Bertz CT molecular complexity index is 1040. The summed E-state index contributed by atoms with van der Waals surface area (Å²) in [7, 11) is 1.68. The number of hydrogen-bond acceptors (Lipinski definition) is 5. The Labute approximate surface area is 170 Å². The van der Waals surface area contributed by atoms with Crippen LogP contribution >= 0.6 is 34.7 Å². The number of thiazole rings is 1. The number of aromatic nitrogens is 3. The van der Waals surface area contributed by atoms with E-state index in [2.05, 4.69) is 14.9 Å². The number of ether oxygens (including phenoxy) is 1. The molecule has 0 aliphatic rings. The van der Waals surface area contributed by atoms with Gasteiger partial charge in [0.2, 0.25) is 0 Å². The molecule has 0 amide bonds. The van der Waals surface area contributed by atoms with E-state index in [1.54, 1.807) is 36.4 Å². The number of hydrogen-bond donors (Lipinski definition) is 0. The Morgan fingerprint density at radius 2 is 1.96 bits per heavy atom. The Morgan fingerprint density at radius 3 is 2.78 bits per heavy atom. The molecule has 0 saturated heterocycles. The first-order valence-corrected chi connectivity index (χ1v) is 10.5. The van der Waals surface area contributed by atoms with E-state index in [1.807, 2.05) is 54.7 Å². The Hall–Kier alpha value is -2.28. The van der Waals surface area contributed by atoms with Crippen LogP contribution in [0.5, 0.6) is 5.75 Å². The summed E-state index contributed by atoms with van der Waals surface area (Å²) in [6.45, 7) is 0. The molecule has 2 aromatic carbocycles. The van der Waals surface area contributed by atoms with Gasteiger partial charge in [0, 0.05) is 34.2 Å². The zero-order chi connectivity index (χ0) is 18.6. The first-order valence-electron chi connectivity index (χ1n) is 8.24. The van der Waals surface area contributed by atoms with E-state index in [9.17, 15) is 0 Å². The van der Waals surface area contributed by atoms with Gasteiger partial charge in [0.25, 0.3) is 0 Å². The van der Waals surface area contributed by atoms with Gasteiger partial charge in [-0.15, -0.1) is 11.3 Å². The van der Waals surface area contributed by atoms with Gasteiger partial charge in [-0.3, -0.25) is 4.57 Å². The summed E-state index contributed by atoms with van der Waals surface area (Å²) < 4.78 is 7.49. The first-order chi connectivity index (χ1) is 13.2. The predicted molar refractivity (Wildman–Crippen MR) is 112 cm³/mol. The molecule has 0 aliphatic carbocycles. The Balaban J connectivity index is 1.50. The van der Waals surface area contributed by atoms with Crippen LogP contribution in [0.3, 0.4) is 0 Å². The third-order valence-electron chi connectivity index (χ3n) is 3.95. The molecule has 4 nitrogen and oxygen atoms in total. The molecule has 2 heterocycles. The quantitative estimate of drug-likeness (QED) is 0.366. The molecule has 0 N–H and O–H groups in total. The van der Waals surface area contributed by atoms with E-state index in [-0.39, 0.29) is 0 Å². The maximum atomic E-state index is 5.98. The van der Waals surface area contributed by atoms with Gasteiger partial charge >= 0.3 is 0 Å². The lowest BCUT2D eigenvalue weighted by molar-refractivity contribution is 0.416. The fraction of sp³-hybridized carbons (Fsp3) is 0.100. The molecule has 4 aromatic rings. The molecule has 7 heteroatoms. The third-order valence-corrected chi connectivity index (χ3v) is 6.13. The molecule has 0 radical (unpaired) electrons. The van der Waals surface area contributed by atoms with Crippen molar-refractivity contribution in [3.8, 4) is 22.0 Å². The highest BCUT2D eigenvalue weighted by Crippen LogP contribution is 2.33. The van der Waals surface area contributed by atoms with Crippen LogP contribution in [0.15, 0.2) is 71.5 Å². The number of methoxy groups -OCH3 is 1. The zero-order valence-electron chi connectivity index (χ0n) is 14.5. The van der Waals surface area contributed by atoms with E-state index in [4.69, 9.17) is 21.3 Å². The van der Waals surface area contributed by atoms with E-state index in [0.29, 0.717) is 0 Å². The van der Waals surface area contributed by atoms with Gasteiger partial charge in [0.15, 0.2) is 5.16 Å². The molecular weight excluding hydrogens is 398 g/mol. The average Bonchev–Trinajstić information content (AvgIpc) is 3.36. The lowest BCUT2D eigenvalue weighted by atomic mass is 10.2. The predicted octanol–water partition coefficient (Wildman–Crippen LogP) is 5.95. The van der Waals surface area contributed by atoms with Crippen molar-refractivity contribution in [2.75, 3.05) is 7.11 Å². The van der Waals surface area contributed by atoms with Crippen LogP contribution in [-0.4, -0.2) is 21.6 Å². The number of benzene rings is 2. The molecule has 0 saturated carbocycles. The third kappa shape index (κ3) is 4.03. The Kier molecular flexibility index (Phi) is 5.48. The topological polar surface area (TPSA) is 39.9 Å². The van der Waals surface area contributed by atoms with Crippen LogP contribution in [0.1, 0.15) is 5.69 Å². The normalized spacial score (nSPS) is 10.9. The van der Waals surface area contributed by atoms with Crippen molar-refractivity contribution in [2.24, 2.45) is 0 Å². The summed E-state index contributed by atoms with van der Waals surface area (Å²) in [6, 6.07) is 15.7. The molecule has 4 rings (SSSR count). The van der Waals surface area contributed by atoms with E-state index in [0.717, 1.165) is 43.6 Å². The van der Waals surface area contributed by atoms with Crippen molar-refractivity contribution in [3.05, 3.63) is 77.0 Å². The molecular formula is C20H16ClN3OS2. The van der Waals surface area contributed by atoms with Crippen molar-refractivity contribution < 1.29 is 4.74 Å². The minimum Gasteiger partial charge on any atom is -0.496 e. The molecule has 0 unspecified atom stereocenters. The summed E-state index contributed by atoms with van der Waals surface area (Å²) in [5.41, 5.74) is 3.08. The van der Waals surface area contributed by atoms with E-state index >= 15 is 0 Å². The van der Waals surface area contributed by atoms with Crippen molar-refractivity contribution in [1.29, 1.82) is 0 Å². The molecule has 0 bridgehead atoms. The highest BCUT2D eigenvalue weighted by atomic mass is 35.5. The molecule has 0 atom stereocenters. The van der Waals surface area contributed by atoms with Crippen LogP contribution in [0.25, 0.3) is 16.3 Å². The summed E-state index contributed by atoms with van der Waals surface area (Å²) in [5.74, 6) is 1.58. The van der Waals surface area contributed by atoms with Gasteiger partial charge in [-0.05, 0) is 36.4 Å². The molecule has 27 heavy (non-hydrogen) atoms. The molecule has 0 fully saturated rings. The summed E-state index contributed by atoms with van der Waals surface area (Å²) in [4.78, 5) is 9.24. The lowest BCUT2D eigenvalue weighted by Gasteiger charge is -2.07. The molecule has 136 valence electrons. The number of halogens is 1. The van der Waals surface area contributed by atoms with Crippen molar-refractivity contribution in [3.63, 3.8) is 0 Å². The second-order valence-electron chi connectivity index (χ2n) is 5.69. The van der Waals surface area contributed by atoms with Gasteiger partial charge in [0.05, 0.1) is 18.4 Å². The van der Waals surface area contributed by atoms with Crippen molar-refractivity contribution >= 4 is 34.7 Å². The summed E-state index contributed by atoms with van der Waals surface area (Å²) >= 11 is 9.26. The highest BCUT2D eigenvalue weighted by molar-refractivity contribution is 7.98. The van der Waals surface area contributed by atoms with Gasteiger partial charge in [-0.1, -0.05) is 35.5 Å². The average molecular weight is 414 g/mol. The van der Waals surface area contributed by atoms with E-state index < -0.39 is 0 Å². The van der Waals surface area contributed by atoms with Crippen LogP contribution in [-0.2, 0) is 5.75 Å². The Morgan fingerprint density at radius 1 is 1.15 bits per heavy atom. The maximum absolute atomic E-state index is 5.98. The minimum absolute atomic E-state index is 0.722. The lowest BCUT2D eigenvalue weighted by Crippen LogP contribution is -1.95. The monoisotopic (exact) mass is 413 g/mol. The number of rotatable bonds is 6. The van der Waals surface area contributed by atoms with Gasteiger partial charge in [-0.2, -0.15) is 0 Å². The summed E-state index contributed by atoms with van der Waals surface area (Å²) in [6.07, 6.45) is 3.76. The second-order valence-corrected chi connectivity index (χ2v) is 7.93. The number of nitrogens with zero attached hydrogens (tertiary/aromatic N) is 3. The van der Waals surface area contributed by atoms with Crippen LogP contribution < -0.4 is 4.74 Å². The van der Waals surface area contributed by atoms with Crippen molar-refractivity contribution in [2.45, 2.75) is 10.9 Å². The minimum atomic E-state index is 0.722. The maximum Gasteiger partial charge on any atom is 0.172 e. The highest BCUT2D eigenvalue weighted by Gasteiger charge is 2.11. The smallest absolute Gasteiger partial charge is 0.172 e. The number of thioether (sulfide) groups is 1. The van der Waals surface area contributed by atoms with Gasteiger partial charge in [0.1, 0.15) is 10.8 Å². The largest absolute Gasteiger partial charge is 0.496 e. The van der Waals surface area contributed by atoms with Gasteiger partial charge in [-0.25, -0.2) is 9.97 Å². The second kappa shape index (κ2) is 8.17. The van der Waals surface area contributed by atoms with Crippen LogP contribution in [0.4, 0.5) is 0 Å². The molecule has 0 spiro atoms. The van der Waals surface area contributed by atoms with Crippen molar-refractivity contribution in [1.82, 2.24) is 14.5 Å². The fourth-order valence-corrected chi connectivity index (χ4v) is 4.60. The van der Waals surface area contributed by atoms with E-state index in [1.165, 1.54) is 0 Å². The van der Waals surface area contributed by atoms with Gasteiger partial charge < -0.3 is 4.74 Å². The number of imidazole rings is 1. The first kappa shape index (κ1) is 18.1. The van der Waals surface area contributed by atoms with Crippen LogP contribution in [0.2, 0.25) is 5.02 Å². The fourth-order valence-electron chi connectivity index (χ4n) is 2.65. The molecule has 2 aromatic heterocycles. The standard InChI is InChI=1S/C20H16ClN3OS2/c1-25-18-5-3-2-4-17(18)19-23-15(12-26-19)13-27-20-22-10-11-24(20)16-8-6-14(21)7-9-16/h2-12H,13H2,1H3. The number of para-hydroxylation sites is 1. The molecule has 0 aliphatic heterocycles. The SMILES string of the molecule is COc1ccccc1-c1nc(CSc2nccn2-c2ccc(Cl)cc2)cs1. The summed E-state index contributed by atoms with van der Waals surface area (Å²) in [5, 5.41) is 4.69. The zero-order valence-corrected chi connectivity index (χ0v) is 16.9. The van der Waals surface area contributed by atoms with Crippen LogP contribution in [0, 0.1) is 0 Å².